The highest BCUT2D eigenvalue weighted by atomic mass is 15.3. The Morgan fingerprint density at radius 2 is 1.28 bits per heavy atom. The van der Waals surface area contributed by atoms with Gasteiger partial charge < -0.3 is 0 Å². The van der Waals surface area contributed by atoms with Gasteiger partial charge in [0.25, 0.3) is 0 Å². The molecular weight excluding hydrogens is 354 g/mol. The summed E-state index contributed by atoms with van der Waals surface area (Å²) in [6.07, 6.45) is 13.2. The Morgan fingerprint density at radius 3 is 1.83 bits per heavy atom. The van der Waals surface area contributed by atoms with E-state index in [-0.39, 0.29) is 0 Å². The summed E-state index contributed by atoms with van der Waals surface area (Å²) < 4.78 is 2.17. The molecule has 1 heterocycles. The van der Waals surface area contributed by atoms with E-state index < -0.39 is 0 Å². The molecule has 0 unspecified atom stereocenters. The topological polar surface area (TPSA) is 30.7 Å². The Morgan fingerprint density at radius 1 is 0.759 bits per heavy atom. The lowest BCUT2D eigenvalue weighted by atomic mass is 10.1. The maximum absolute atomic E-state index is 4.57. The molecule has 1 aliphatic carbocycles. The van der Waals surface area contributed by atoms with E-state index in [2.05, 4.69) is 64.7 Å². The van der Waals surface area contributed by atoms with Crippen LogP contribution in [-0.2, 0) is 0 Å². The fourth-order valence-electron chi connectivity index (χ4n) is 3.34. The van der Waals surface area contributed by atoms with Crippen LogP contribution in [0.25, 0.3) is 28.5 Å². The Labute approximate surface area is 171 Å². The summed E-state index contributed by atoms with van der Waals surface area (Å²) >= 11 is 0. The van der Waals surface area contributed by atoms with Crippen LogP contribution >= 0.6 is 0 Å². The molecule has 0 atom stereocenters. The van der Waals surface area contributed by atoms with Gasteiger partial charge in [-0.05, 0) is 18.6 Å². The van der Waals surface area contributed by atoms with Crippen LogP contribution in [0.2, 0.25) is 0 Å². The highest BCUT2D eigenvalue weighted by Crippen LogP contribution is 2.31. The van der Waals surface area contributed by atoms with Crippen molar-refractivity contribution >= 4 is 5.70 Å². The fourth-order valence-corrected chi connectivity index (χ4v) is 3.34. The van der Waals surface area contributed by atoms with Crippen molar-refractivity contribution in [2.45, 2.75) is 13.3 Å². The van der Waals surface area contributed by atoms with Crippen LogP contribution in [0.1, 0.15) is 13.3 Å². The van der Waals surface area contributed by atoms with Crippen LogP contribution in [0, 0.1) is 0 Å². The largest absolute Gasteiger partial charge is 0.279 e. The molecule has 142 valence electrons. The smallest absolute Gasteiger partial charge is 0.168 e. The summed E-state index contributed by atoms with van der Waals surface area (Å²) in [5.41, 5.74) is 5.40. The summed E-state index contributed by atoms with van der Waals surface area (Å²) in [6.45, 7) is 6.21. The van der Waals surface area contributed by atoms with Crippen molar-refractivity contribution in [3.05, 3.63) is 115 Å². The van der Waals surface area contributed by atoms with E-state index >= 15 is 0 Å². The van der Waals surface area contributed by atoms with E-state index in [0.29, 0.717) is 0 Å². The normalized spacial score (nSPS) is 19.1. The molecule has 0 amide bonds. The predicted molar refractivity (Wildman–Crippen MR) is 121 cm³/mol. The molecule has 1 aliphatic rings. The summed E-state index contributed by atoms with van der Waals surface area (Å²) in [7, 11) is 0. The molecule has 2 aromatic carbocycles. The molecule has 3 heteroatoms. The lowest BCUT2D eigenvalue weighted by Crippen LogP contribution is -2.03. The van der Waals surface area contributed by atoms with Crippen molar-refractivity contribution < 1.29 is 0 Å². The first-order valence-corrected chi connectivity index (χ1v) is 9.69. The standard InChI is InChI=1S/C26H23N3/c1-20-11-9-13-21(2)19-24(18-10-12-20)29-25(22-14-5-3-6-15-22)27-28-26(29)23-16-7-4-8-17-23/h3-18H,1,19H2,2H3/b11-9-,12-10?,21-13-,24-18+. The minimum Gasteiger partial charge on any atom is -0.279 e. The minimum absolute atomic E-state index is 0.791. The van der Waals surface area contributed by atoms with Gasteiger partial charge in [0.05, 0.1) is 0 Å². The second-order valence-electron chi connectivity index (χ2n) is 7.06. The molecule has 3 aromatic rings. The SMILES string of the molecule is C=C1C=C/C=C(/n2c(-c3ccccc3)nnc2-c2ccccc2)C/C(C)=C\C=C/1. The lowest BCUT2D eigenvalue weighted by molar-refractivity contribution is 1.02. The van der Waals surface area contributed by atoms with Gasteiger partial charge in [-0.3, -0.25) is 4.57 Å². The first-order valence-electron chi connectivity index (χ1n) is 9.69. The van der Waals surface area contributed by atoms with Gasteiger partial charge in [-0.1, -0.05) is 103 Å². The second-order valence-corrected chi connectivity index (χ2v) is 7.06. The maximum Gasteiger partial charge on any atom is 0.168 e. The third kappa shape index (κ3) is 4.25. The average molecular weight is 377 g/mol. The molecule has 0 radical (unpaired) electrons. The fraction of sp³-hybridized carbons (Fsp3) is 0.0769. The number of nitrogens with zero attached hydrogens (tertiary/aromatic N) is 3. The quantitative estimate of drug-likeness (QED) is 0.523. The number of aromatic nitrogens is 3. The van der Waals surface area contributed by atoms with E-state index in [1.54, 1.807) is 0 Å². The molecule has 1 aromatic heterocycles. The van der Waals surface area contributed by atoms with E-state index in [0.717, 1.165) is 40.5 Å². The van der Waals surface area contributed by atoms with E-state index in [9.17, 15) is 0 Å². The Hall–Kier alpha value is -3.72. The van der Waals surface area contributed by atoms with Gasteiger partial charge >= 0.3 is 0 Å². The summed E-state index contributed by atoms with van der Waals surface area (Å²) in [4.78, 5) is 0. The molecule has 4 rings (SSSR count). The maximum atomic E-state index is 4.57. The van der Waals surface area contributed by atoms with Gasteiger partial charge in [0.1, 0.15) is 0 Å². The zero-order valence-electron chi connectivity index (χ0n) is 16.5. The zero-order chi connectivity index (χ0) is 20.1. The van der Waals surface area contributed by atoms with Crippen LogP contribution in [0.15, 0.2) is 115 Å². The van der Waals surface area contributed by atoms with Crippen molar-refractivity contribution in [3.63, 3.8) is 0 Å². The third-order valence-corrected chi connectivity index (χ3v) is 4.76. The molecule has 0 saturated carbocycles. The highest BCUT2D eigenvalue weighted by Gasteiger charge is 2.18. The Kier molecular flexibility index (Phi) is 5.48. The van der Waals surface area contributed by atoms with Crippen LogP contribution in [0.3, 0.4) is 0 Å². The number of rotatable bonds is 3. The van der Waals surface area contributed by atoms with E-state index in [1.165, 1.54) is 5.57 Å². The molecule has 0 saturated heterocycles. The van der Waals surface area contributed by atoms with Crippen LogP contribution in [0.4, 0.5) is 0 Å². The predicted octanol–water partition coefficient (Wildman–Crippen LogP) is 6.47. The number of hydrogen-bond donors (Lipinski definition) is 0. The first kappa shape index (κ1) is 18.6. The van der Waals surface area contributed by atoms with Crippen molar-refractivity contribution in [2.75, 3.05) is 0 Å². The van der Waals surface area contributed by atoms with Crippen molar-refractivity contribution in [1.82, 2.24) is 14.8 Å². The molecule has 0 fully saturated rings. The van der Waals surface area contributed by atoms with Gasteiger partial charge in [0.15, 0.2) is 11.6 Å². The number of allylic oxidation sites excluding steroid dienone is 9. The van der Waals surface area contributed by atoms with Gasteiger partial charge in [0.2, 0.25) is 0 Å². The molecule has 0 spiro atoms. The molecular formula is C26H23N3. The van der Waals surface area contributed by atoms with Gasteiger partial charge in [0, 0.05) is 23.2 Å². The van der Waals surface area contributed by atoms with Crippen molar-refractivity contribution in [3.8, 4) is 22.8 Å². The Balaban J connectivity index is 1.92. The lowest BCUT2D eigenvalue weighted by Gasteiger charge is -2.15. The van der Waals surface area contributed by atoms with Gasteiger partial charge in [-0.2, -0.15) is 0 Å². The Bertz CT molecular complexity index is 1070. The van der Waals surface area contributed by atoms with Crippen molar-refractivity contribution in [1.29, 1.82) is 0 Å². The highest BCUT2D eigenvalue weighted by molar-refractivity contribution is 5.71. The van der Waals surface area contributed by atoms with E-state index in [1.807, 2.05) is 60.7 Å². The van der Waals surface area contributed by atoms with Crippen LogP contribution < -0.4 is 0 Å². The van der Waals surface area contributed by atoms with Crippen LogP contribution in [0.5, 0.6) is 0 Å². The number of hydrogen-bond acceptors (Lipinski definition) is 2. The molecule has 0 N–H and O–H groups in total. The molecule has 29 heavy (non-hydrogen) atoms. The van der Waals surface area contributed by atoms with Gasteiger partial charge in [-0.15, -0.1) is 10.2 Å². The summed E-state index contributed by atoms with van der Waals surface area (Å²) in [5.74, 6) is 1.67. The van der Waals surface area contributed by atoms with E-state index in [4.69, 9.17) is 0 Å². The first-order chi connectivity index (χ1) is 14.2. The second kappa shape index (κ2) is 8.53. The molecule has 0 bridgehead atoms. The summed E-state index contributed by atoms with van der Waals surface area (Å²) in [6, 6.07) is 20.4. The monoisotopic (exact) mass is 377 g/mol. The number of benzene rings is 2. The van der Waals surface area contributed by atoms with Crippen molar-refractivity contribution in [2.24, 2.45) is 0 Å². The van der Waals surface area contributed by atoms with Gasteiger partial charge in [-0.25, -0.2) is 0 Å². The van der Waals surface area contributed by atoms with Crippen LogP contribution in [-0.4, -0.2) is 14.8 Å². The molecule has 3 nitrogen and oxygen atoms in total. The summed E-state index contributed by atoms with van der Waals surface area (Å²) in [5, 5.41) is 9.14. The molecule has 0 aliphatic heterocycles. The third-order valence-electron chi connectivity index (χ3n) is 4.76. The average Bonchev–Trinajstić information content (AvgIpc) is 3.19. The zero-order valence-corrected chi connectivity index (χ0v) is 16.5. The minimum atomic E-state index is 0.791.